The minimum absolute atomic E-state index is 0.812. The van der Waals surface area contributed by atoms with Crippen LogP contribution in [0.3, 0.4) is 0 Å². The summed E-state index contributed by atoms with van der Waals surface area (Å²) in [5, 5.41) is 4.44. The molecule has 1 fully saturated rings. The van der Waals surface area contributed by atoms with Gasteiger partial charge in [-0.2, -0.15) is 0 Å². The molecule has 2 heteroatoms. The van der Waals surface area contributed by atoms with Crippen molar-refractivity contribution in [1.82, 2.24) is 5.32 Å². The number of hydrogen-bond donors (Lipinski definition) is 1. The summed E-state index contributed by atoms with van der Waals surface area (Å²) in [6.07, 6.45) is 7.72. The molecule has 1 aliphatic heterocycles. The first kappa shape index (κ1) is 11.6. The average molecular weight is 250 g/mol. The third kappa shape index (κ3) is 2.51. The molecule has 1 N–H and O–H groups in total. The molecular weight excluding hydrogens is 230 g/mol. The Morgan fingerprint density at radius 3 is 3.00 bits per heavy atom. The van der Waals surface area contributed by atoms with E-state index in [1.807, 2.05) is 0 Å². The molecule has 2 aliphatic rings. The molecule has 92 valence electrons. The van der Waals surface area contributed by atoms with Crippen molar-refractivity contribution < 1.29 is 0 Å². The van der Waals surface area contributed by atoms with Crippen LogP contribution in [0.2, 0.25) is 5.02 Å². The van der Waals surface area contributed by atoms with Crippen molar-refractivity contribution in [2.45, 2.75) is 38.5 Å². The van der Waals surface area contributed by atoms with E-state index < -0.39 is 0 Å². The maximum absolute atomic E-state index is 6.23. The maximum Gasteiger partial charge on any atom is 0.0411 e. The number of benzene rings is 1. The summed E-state index contributed by atoms with van der Waals surface area (Å²) in [6, 6.07) is 4.38. The summed E-state index contributed by atoms with van der Waals surface area (Å²) >= 11 is 6.23. The molecule has 0 aromatic heterocycles. The van der Waals surface area contributed by atoms with Crippen LogP contribution in [0.4, 0.5) is 0 Å². The molecule has 0 radical (unpaired) electrons. The Morgan fingerprint density at radius 1 is 1.24 bits per heavy atom. The molecule has 0 saturated carbocycles. The lowest BCUT2D eigenvalue weighted by Gasteiger charge is -2.24. The fourth-order valence-corrected chi connectivity index (χ4v) is 3.61. The lowest BCUT2D eigenvalue weighted by molar-refractivity contribution is 0.375. The zero-order valence-corrected chi connectivity index (χ0v) is 11.0. The second-order valence-electron chi connectivity index (χ2n) is 5.47. The average Bonchev–Trinajstić information content (AvgIpc) is 2.78. The molecule has 1 saturated heterocycles. The van der Waals surface area contributed by atoms with Crippen molar-refractivity contribution in [3.63, 3.8) is 0 Å². The van der Waals surface area contributed by atoms with Gasteiger partial charge in [0.05, 0.1) is 0 Å². The Balaban J connectivity index is 1.82. The minimum Gasteiger partial charge on any atom is -0.316 e. The van der Waals surface area contributed by atoms with Crippen molar-refractivity contribution in [1.29, 1.82) is 0 Å². The minimum atomic E-state index is 0.812. The van der Waals surface area contributed by atoms with Crippen molar-refractivity contribution >= 4 is 11.6 Å². The maximum atomic E-state index is 6.23. The Kier molecular flexibility index (Phi) is 3.39. The van der Waals surface area contributed by atoms with E-state index in [1.54, 1.807) is 5.56 Å². The standard InChI is InChI=1S/C15H20ClN/c16-14-8-12-4-1-5-15(12)13(9-14)7-11-3-2-6-17-10-11/h8-9,11,17H,1-7,10H2. The quantitative estimate of drug-likeness (QED) is 0.848. The van der Waals surface area contributed by atoms with E-state index in [1.165, 1.54) is 62.7 Å². The summed E-state index contributed by atoms with van der Waals surface area (Å²) in [5.74, 6) is 0.812. The van der Waals surface area contributed by atoms with Crippen molar-refractivity contribution in [2.24, 2.45) is 5.92 Å². The van der Waals surface area contributed by atoms with E-state index >= 15 is 0 Å². The van der Waals surface area contributed by atoms with Gasteiger partial charge in [0, 0.05) is 5.02 Å². The third-order valence-corrected chi connectivity index (χ3v) is 4.40. The van der Waals surface area contributed by atoms with Gasteiger partial charge in [0.25, 0.3) is 0 Å². The van der Waals surface area contributed by atoms with Gasteiger partial charge in [0.15, 0.2) is 0 Å². The molecule has 1 aliphatic carbocycles. The summed E-state index contributed by atoms with van der Waals surface area (Å²) in [7, 11) is 0. The van der Waals surface area contributed by atoms with Gasteiger partial charge in [-0.05, 0) is 86.4 Å². The highest BCUT2D eigenvalue weighted by atomic mass is 35.5. The molecule has 17 heavy (non-hydrogen) atoms. The summed E-state index contributed by atoms with van der Waals surface area (Å²) in [4.78, 5) is 0. The van der Waals surface area contributed by atoms with Gasteiger partial charge in [-0.3, -0.25) is 0 Å². The molecule has 0 bridgehead atoms. The van der Waals surface area contributed by atoms with Crippen LogP contribution in [0.15, 0.2) is 12.1 Å². The monoisotopic (exact) mass is 249 g/mol. The molecule has 3 rings (SSSR count). The topological polar surface area (TPSA) is 12.0 Å². The Bertz CT molecular complexity index is 408. The van der Waals surface area contributed by atoms with Gasteiger partial charge in [-0.25, -0.2) is 0 Å². The molecule has 1 unspecified atom stereocenters. The van der Waals surface area contributed by atoms with Gasteiger partial charge in [0.1, 0.15) is 0 Å². The van der Waals surface area contributed by atoms with Crippen LogP contribution in [0.1, 0.15) is 36.0 Å². The predicted molar refractivity (Wildman–Crippen MR) is 72.8 cm³/mol. The summed E-state index contributed by atoms with van der Waals surface area (Å²) < 4.78 is 0. The second-order valence-corrected chi connectivity index (χ2v) is 5.91. The molecule has 0 amide bonds. The zero-order chi connectivity index (χ0) is 11.7. The van der Waals surface area contributed by atoms with E-state index in [2.05, 4.69) is 17.4 Å². The zero-order valence-electron chi connectivity index (χ0n) is 10.3. The highest BCUT2D eigenvalue weighted by molar-refractivity contribution is 6.30. The molecule has 1 nitrogen and oxygen atoms in total. The predicted octanol–water partition coefficient (Wildman–Crippen LogP) is 3.37. The van der Waals surface area contributed by atoms with E-state index in [9.17, 15) is 0 Å². The van der Waals surface area contributed by atoms with Crippen LogP contribution >= 0.6 is 11.6 Å². The number of halogens is 1. The van der Waals surface area contributed by atoms with E-state index in [0.29, 0.717) is 0 Å². The SMILES string of the molecule is Clc1cc2c(c(CC3CCCNC3)c1)CCC2. The highest BCUT2D eigenvalue weighted by Crippen LogP contribution is 2.31. The number of hydrogen-bond acceptors (Lipinski definition) is 1. The Labute approximate surface area is 109 Å². The van der Waals surface area contributed by atoms with E-state index in [-0.39, 0.29) is 0 Å². The van der Waals surface area contributed by atoms with E-state index in [0.717, 1.165) is 10.9 Å². The van der Waals surface area contributed by atoms with Gasteiger partial charge in [0.2, 0.25) is 0 Å². The van der Waals surface area contributed by atoms with Crippen LogP contribution < -0.4 is 5.32 Å². The largest absolute Gasteiger partial charge is 0.316 e. The second kappa shape index (κ2) is 4.99. The fourth-order valence-electron chi connectivity index (χ4n) is 3.35. The van der Waals surface area contributed by atoms with Crippen LogP contribution in [0, 0.1) is 5.92 Å². The Hall–Kier alpha value is -0.530. The number of rotatable bonds is 2. The Morgan fingerprint density at radius 2 is 2.18 bits per heavy atom. The summed E-state index contributed by atoms with van der Waals surface area (Å²) in [6.45, 7) is 2.38. The highest BCUT2D eigenvalue weighted by Gasteiger charge is 2.19. The lowest BCUT2D eigenvalue weighted by atomic mass is 9.89. The molecule has 1 heterocycles. The van der Waals surface area contributed by atoms with Gasteiger partial charge in [-0.15, -0.1) is 0 Å². The van der Waals surface area contributed by atoms with Crippen molar-refractivity contribution in [2.75, 3.05) is 13.1 Å². The molecule has 1 atom stereocenters. The van der Waals surface area contributed by atoms with Crippen LogP contribution in [0.5, 0.6) is 0 Å². The normalized spacial score (nSPS) is 23.7. The fraction of sp³-hybridized carbons (Fsp3) is 0.600. The molecule has 1 aromatic carbocycles. The summed E-state index contributed by atoms with van der Waals surface area (Å²) in [5.41, 5.74) is 4.65. The number of nitrogens with one attached hydrogen (secondary N) is 1. The van der Waals surface area contributed by atoms with Crippen molar-refractivity contribution in [3.05, 3.63) is 33.8 Å². The van der Waals surface area contributed by atoms with Gasteiger partial charge >= 0.3 is 0 Å². The lowest BCUT2D eigenvalue weighted by Crippen LogP contribution is -2.31. The van der Waals surface area contributed by atoms with E-state index in [4.69, 9.17) is 11.6 Å². The van der Waals surface area contributed by atoms with Crippen molar-refractivity contribution in [3.8, 4) is 0 Å². The van der Waals surface area contributed by atoms with Crippen LogP contribution in [-0.2, 0) is 19.3 Å². The first-order valence-corrected chi connectivity index (χ1v) is 7.21. The first-order valence-electron chi connectivity index (χ1n) is 6.84. The van der Waals surface area contributed by atoms with Gasteiger partial charge in [-0.1, -0.05) is 11.6 Å². The smallest absolute Gasteiger partial charge is 0.0411 e. The van der Waals surface area contributed by atoms with Crippen LogP contribution in [-0.4, -0.2) is 13.1 Å². The number of aryl methyl sites for hydroxylation is 1. The van der Waals surface area contributed by atoms with Crippen LogP contribution in [0.25, 0.3) is 0 Å². The van der Waals surface area contributed by atoms with Gasteiger partial charge < -0.3 is 5.32 Å². The molecule has 0 spiro atoms. The molecule has 1 aromatic rings. The number of fused-ring (bicyclic) bond motifs is 1. The molecular formula is C15H20ClN. The third-order valence-electron chi connectivity index (χ3n) is 4.18. The first-order chi connectivity index (χ1) is 8.33. The number of piperidine rings is 1.